The molecular weight excluding hydrogens is 401 g/mol. The second-order valence-electron chi connectivity index (χ2n) is 6.81. The predicted octanol–water partition coefficient (Wildman–Crippen LogP) is 2.83. The Hall–Kier alpha value is -3.31. The molecule has 2 heterocycles. The van der Waals surface area contributed by atoms with Crippen LogP contribution in [-0.2, 0) is 4.79 Å². The number of rotatable bonds is 4. The van der Waals surface area contributed by atoms with E-state index >= 15 is 0 Å². The third kappa shape index (κ3) is 3.82. The van der Waals surface area contributed by atoms with Crippen molar-refractivity contribution in [1.29, 1.82) is 5.26 Å². The average molecular weight is 416 g/mol. The summed E-state index contributed by atoms with van der Waals surface area (Å²) in [4.78, 5) is 25.5. The second kappa shape index (κ2) is 7.60. The Morgan fingerprint density at radius 1 is 1.38 bits per heavy atom. The number of hydrogen-bond acceptors (Lipinski definition) is 5. The molecule has 4 rings (SSSR count). The first-order valence-electron chi connectivity index (χ1n) is 8.82. The monoisotopic (exact) mass is 415 g/mol. The highest BCUT2D eigenvalue weighted by atomic mass is 35.5. The van der Waals surface area contributed by atoms with E-state index in [1.807, 2.05) is 6.07 Å². The fourth-order valence-electron chi connectivity index (χ4n) is 3.17. The van der Waals surface area contributed by atoms with Crippen LogP contribution in [0, 0.1) is 23.1 Å². The van der Waals surface area contributed by atoms with E-state index in [0.29, 0.717) is 36.0 Å². The van der Waals surface area contributed by atoms with Gasteiger partial charge in [-0.15, -0.1) is 0 Å². The van der Waals surface area contributed by atoms with Gasteiger partial charge in [-0.1, -0.05) is 11.6 Å². The number of hydrogen-bond donors (Lipinski definition) is 1. The molecule has 1 fully saturated rings. The van der Waals surface area contributed by atoms with Crippen LogP contribution in [-0.4, -0.2) is 43.0 Å². The maximum Gasteiger partial charge on any atom is 0.262 e. The minimum Gasteiger partial charge on any atom is -0.493 e. The van der Waals surface area contributed by atoms with Crippen LogP contribution in [0.1, 0.15) is 15.9 Å². The lowest BCUT2D eigenvalue weighted by atomic mass is 9.99. The molecule has 1 N–H and O–H groups in total. The van der Waals surface area contributed by atoms with Crippen LogP contribution in [0.3, 0.4) is 0 Å². The number of nitriles is 1. The molecule has 7 nitrogen and oxygen atoms in total. The average Bonchev–Trinajstić information content (AvgIpc) is 2.67. The fourth-order valence-corrected chi connectivity index (χ4v) is 3.33. The van der Waals surface area contributed by atoms with Gasteiger partial charge in [0.05, 0.1) is 28.4 Å². The van der Waals surface area contributed by atoms with Gasteiger partial charge in [0.2, 0.25) is 0 Å². The third-order valence-electron chi connectivity index (χ3n) is 4.72. The summed E-state index contributed by atoms with van der Waals surface area (Å²) in [7, 11) is 0. The van der Waals surface area contributed by atoms with E-state index < -0.39 is 11.7 Å². The zero-order valence-corrected chi connectivity index (χ0v) is 15.8. The van der Waals surface area contributed by atoms with Crippen molar-refractivity contribution >= 4 is 29.1 Å². The molecule has 0 spiro atoms. The number of amides is 2. The molecule has 29 heavy (non-hydrogen) atoms. The summed E-state index contributed by atoms with van der Waals surface area (Å²) in [5.74, 6) is -0.704. The molecule has 2 aliphatic rings. The zero-order chi connectivity index (χ0) is 20.5. The van der Waals surface area contributed by atoms with Crippen molar-refractivity contribution in [2.24, 2.45) is 5.92 Å². The lowest BCUT2D eigenvalue weighted by Gasteiger charge is -2.39. The summed E-state index contributed by atoms with van der Waals surface area (Å²) in [6.07, 6.45) is 0. The van der Waals surface area contributed by atoms with E-state index in [1.54, 1.807) is 18.2 Å². The lowest BCUT2D eigenvalue weighted by Crippen LogP contribution is -2.52. The molecular formula is C20H15ClFN3O4. The molecule has 2 aromatic rings. The Morgan fingerprint density at radius 2 is 2.17 bits per heavy atom. The Morgan fingerprint density at radius 3 is 2.93 bits per heavy atom. The van der Waals surface area contributed by atoms with Crippen LogP contribution in [0.4, 0.5) is 10.1 Å². The molecule has 0 aliphatic carbocycles. The van der Waals surface area contributed by atoms with E-state index in [4.69, 9.17) is 26.3 Å². The molecule has 1 saturated heterocycles. The van der Waals surface area contributed by atoms with Crippen molar-refractivity contribution in [3.63, 3.8) is 0 Å². The maximum atomic E-state index is 14.3. The Balaban J connectivity index is 1.35. The number of nitrogens with zero attached hydrogens (tertiary/aromatic N) is 2. The second-order valence-corrected chi connectivity index (χ2v) is 7.21. The van der Waals surface area contributed by atoms with Crippen molar-refractivity contribution in [3.05, 3.63) is 52.3 Å². The van der Waals surface area contributed by atoms with Gasteiger partial charge in [0.25, 0.3) is 11.8 Å². The molecule has 0 atom stereocenters. The molecule has 2 aromatic carbocycles. The van der Waals surface area contributed by atoms with Crippen molar-refractivity contribution in [1.82, 2.24) is 4.90 Å². The van der Waals surface area contributed by atoms with E-state index in [-0.39, 0.29) is 35.4 Å². The van der Waals surface area contributed by atoms with E-state index in [2.05, 4.69) is 5.32 Å². The topological polar surface area (TPSA) is 91.7 Å². The van der Waals surface area contributed by atoms with Gasteiger partial charge in [-0.05, 0) is 24.3 Å². The van der Waals surface area contributed by atoms with Gasteiger partial charge >= 0.3 is 0 Å². The van der Waals surface area contributed by atoms with Crippen molar-refractivity contribution in [2.45, 2.75) is 0 Å². The Labute approximate surface area is 170 Å². The summed E-state index contributed by atoms with van der Waals surface area (Å²) in [6.45, 7) is 0.998. The van der Waals surface area contributed by atoms with Gasteiger partial charge in [-0.25, -0.2) is 4.39 Å². The summed E-state index contributed by atoms with van der Waals surface area (Å²) in [6, 6.07) is 9.21. The van der Waals surface area contributed by atoms with Crippen LogP contribution in [0.25, 0.3) is 0 Å². The standard InChI is InChI=1S/C20H15ClFN3O4/c21-15-2-1-13(3-12(15)6-23)28-9-11-7-25(8-11)20(27)14-4-17-18(5-16(14)22)29-10-19(26)24-17/h1-5,11H,7-10H2,(H,24,26). The number of likely N-dealkylation sites (tertiary alicyclic amines) is 1. The highest BCUT2D eigenvalue weighted by Crippen LogP contribution is 2.32. The number of carbonyl (C=O) groups is 2. The van der Waals surface area contributed by atoms with Crippen LogP contribution in [0.15, 0.2) is 30.3 Å². The number of nitrogens with one attached hydrogen (secondary N) is 1. The highest BCUT2D eigenvalue weighted by Gasteiger charge is 2.33. The molecule has 0 unspecified atom stereocenters. The normalized spacial score (nSPS) is 15.5. The number of halogens is 2. The first-order chi connectivity index (χ1) is 13.9. The highest BCUT2D eigenvalue weighted by molar-refractivity contribution is 6.31. The van der Waals surface area contributed by atoms with Gasteiger partial charge in [-0.2, -0.15) is 5.26 Å². The minimum absolute atomic E-state index is 0.0869. The van der Waals surface area contributed by atoms with Crippen molar-refractivity contribution in [2.75, 3.05) is 31.6 Å². The van der Waals surface area contributed by atoms with E-state index in [1.165, 1.54) is 11.0 Å². The first-order valence-corrected chi connectivity index (χ1v) is 9.20. The zero-order valence-electron chi connectivity index (χ0n) is 15.1. The van der Waals surface area contributed by atoms with Crippen molar-refractivity contribution in [3.8, 4) is 17.6 Å². The molecule has 0 saturated carbocycles. The third-order valence-corrected chi connectivity index (χ3v) is 5.05. The number of carbonyl (C=O) groups excluding carboxylic acids is 2. The SMILES string of the molecule is N#Cc1cc(OCC2CN(C(=O)c3cc4c(cc3F)OCC(=O)N4)C2)ccc1Cl. The first kappa shape index (κ1) is 19.0. The van der Waals surface area contributed by atoms with Gasteiger partial charge in [0, 0.05) is 25.1 Å². The molecule has 2 amide bonds. The van der Waals surface area contributed by atoms with Crippen LogP contribution < -0.4 is 14.8 Å². The Bertz CT molecular complexity index is 1050. The van der Waals surface area contributed by atoms with Gasteiger partial charge in [-0.3, -0.25) is 9.59 Å². The molecule has 9 heteroatoms. The van der Waals surface area contributed by atoms with Gasteiger partial charge in [0.15, 0.2) is 6.61 Å². The summed E-state index contributed by atoms with van der Waals surface area (Å²) >= 11 is 5.89. The quantitative estimate of drug-likeness (QED) is 0.829. The number of ether oxygens (including phenoxy) is 2. The summed E-state index contributed by atoms with van der Waals surface area (Å²) in [5.41, 5.74) is 0.487. The largest absolute Gasteiger partial charge is 0.493 e. The van der Waals surface area contributed by atoms with Gasteiger partial charge < -0.3 is 19.7 Å². The predicted molar refractivity (Wildman–Crippen MR) is 102 cm³/mol. The number of fused-ring (bicyclic) bond motifs is 1. The van der Waals surface area contributed by atoms with Crippen LogP contribution >= 0.6 is 11.6 Å². The minimum atomic E-state index is -0.699. The van der Waals surface area contributed by atoms with E-state index in [9.17, 15) is 14.0 Å². The van der Waals surface area contributed by atoms with E-state index in [0.717, 1.165) is 6.07 Å². The molecule has 148 valence electrons. The number of anilines is 1. The summed E-state index contributed by atoms with van der Waals surface area (Å²) < 4.78 is 25.1. The smallest absolute Gasteiger partial charge is 0.262 e. The Kier molecular flexibility index (Phi) is 4.99. The lowest BCUT2D eigenvalue weighted by molar-refractivity contribution is -0.118. The maximum absolute atomic E-state index is 14.3. The van der Waals surface area contributed by atoms with Gasteiger partial charge in [0.1, 0.15) is 23.4 Å². The van der Waals surface area contributed by atoms with Crippen LogP contribution in [0.2, 0.25) is 5.02 Å². The van der Waals surface area contributed by atoms with Crippen molar-refractivity contribution < 1.29 is 23.5 Å². The molecule has 0 aromatic heterocycles. The fraction of sp³-hybridized carbons (Fsp3) is 0.250. The van der Waals surface area contributed by atoms with Crippen LogP contribution in [0.5, 0.6) is 11.5 Å². The number of benzene rings is 2. The summed E-state index contributed by atoms with van der Waals surface area (Å²) in [5, 5.41) is 11.9. The molecule has 2 aliphatic heterocycles. The molecule has 0 radical (unpaired) electrons. The molecule has 0 bridgehead atoms.